The number of benzene rings is 2. The van der Waals surface area contributed by atoms with Crippen molar-refractivity contribution < 1.29 is 4.74 Å². The van der Waals surface area contributed by atoms with Crippen molar-refractivity contribution in [2.24, 2.45) is 0 Å². The van der Waals surface area contributed by atoms with Gasteiger partial charge in [0.25, 0.3) is 0 Å². The summed E-state index contributed by atoms with van der Waals surface area (Å²) in [5, 5.41) is 3.44. The molecule has 0 spiro atoms. The summed E-state index contributed by atoms with van der Waals surface area (Å²) in [7, 11) is 1.70. The zero-order valence-electron chi connectivity index (χ0n) is 11.8. The fourth-order valence-corrected chi connectivity index (χ4v) is 1.99. The summed E-state index contributed by atoms with van der Waals surface area (Å²) in [5.74, 6) is 0.892. The van der Waals surface area contributed by atoms with E-state index in [2.05, 4.69) is 55.6 Å². The predicted octanol–water partition coefficient (Wildman–Crippen LogP) is 3.86. The molecule has 2 aromatic rings. The predicted molar refractivity (Wildman–Crippen MR) is 80.4 cm³/mol. The van der Waals surface area contributed by atoms with Gasteiger partial charge in [-0.05, 0) is 34.9 Å². The molecule has 0 radical (unpaired) electrons. The van der Waals surface area contributed by atoms with Crippen LogP contribution in [0.5, 0.6) is 5.75 Å². The van der Waals surface area contributed by atoms with Crippen molar-refractivity contribution in [3.05, 3.63) is 54.1 Å². The van der Waals surface area contributed by atoms with Gasteiger partial charge in [-0.1, -0.05) is 44.2 Å². The van der Waals surface area contributed by atoms with Crippen molar-refractivity contribution in [2.45, 2.75) is 26.4 Å². The first-order chi connectivity index (χ1) is 9.19. The smallest absolute Gasteiger partial charge is 0.119 e. The molecule has 0 aliphatic heterocycles. The third-order valence-corrected chi connectivity index (χ3v) is 3.04. The zero-order valence-corrected chi connectivity index (χ0v) is 11.8. The highest BCUT2D eigenvalue weighted by Crippen LogP contribution is 2.24. The molecular weight excluding hydrogens is 234 g/mol. The number of methoxy groups -OCH3 is 1. The van der Waals surface area contributed by atoms with E-state index in [0.29, 0.717) is 6.04 Å². The second kappa shape index (κ2) is 6.39. The molecule has 1 N–H and O–H groups in total. The molecule has 0 bridgehead atoms. The first-order valence-electron chi connectivity index (χ1n) is 6.66. The van der Waals surface area contributed by atoms with Gasteiger partial charge in [-0.25, -0.2) is 0 Å². The Morgan fingerprint density at radius 3 is 2.37 bits per heavy atom. The van der Waals surface area contributed by atoms with Crippen LogP contribution in [0.1, 0.15) is 19.4 Å². The van der Waals surface area contributed by atoms with E-state index in [-0.39, 0.29) is 0 Å². The largest absolute Gasteiger partial charge is 0.497 e. The van der Waals surface area contributed by atoms with Crippen LogP contribution in [0.25, 0.3) is 11.1 Å². The first-order valence-corrected chi connectivity index (χ1v) is 6.66. The highest BCUT2D eigenvalue weighted by molar-refractivity contribution is 5.65. The molecule has 100 valence electrons. The molecule has 2 rings (SSSR count). The lowest BCUT2D eigenvalue weighted by Crippen LogP contribution is -2.21. The third-order valence-electron chi connectivity index (χ3n) is 3.04. The van der Waals surface area contributed by atoms with Gasteiger partial charge in [-0.15, -0.1) is 0 Å². The summed E-state index contributed by atoms with van der Waals surface area (Å²) in [6.07, 6.45) is 0. The zero-order chi connectivity index (χ0) is 13.7. The van der Waals surface area contributed by atoms with E-state index in [4.69, 9.17) is 4.74 Å². The molecule has 0 aromatic heterocycles. The average molecular weight is 255 g/mol. The Morgan fingerprint density at radius 2 is 1.68 bits per heavy atom. The van der Waals surface area contributed by atoms with Gasteiger partial charge in [-0.2, -0.15) is 0 Å². The highest BCUT2D eigenvalue weighted by Gasteiger charge is 2.01. The topological polar surface area (TPSA) is 21.3 Å². The van der Waals surface area contributed by atoms with Gasteiger partial charge >= 0.3 is 0 Å². The fraction of sp³-hybridized carbons (Fsp3) is 0.294. The minimum atomic E-state index is 0.500. The Bertz CT molecular complexity index is 534. The second-order valence-corrected chi connectivity index (χ2v) is 4.97. The Hall–Kier alpha value is -1.80. The van der Waals surface area contributed by atoms with Crippen LogP contribution in [-0.4, -0.2) is 13.2 Å². The van der Waals surface area contributed by atoms with Gasteiger partial charge in [0, 0.05) is 12.6 Å². The van der Waals surface area contributed by atoms with Gasteiger partial charge < -0.3 is 10.1 Å². The number of ether oxygens (including phenoxy) is 1. The summed E-state index contributed by atoms with van der Waals surface area (Å²) >= 11 is 0. The van der Waals surface area contributed by atoms with Crippen LogP contribution in [0.3, 0.4) is 0 Å². The molecule has 0 unspecified atom stereocenters. The number of nitrogens with one attached hydrogen (secondary N) is 1. The molecule has 2 nitrogen and oxygen atoms in total. The summed E-state index contributed by atoms with van der Waals surface area (Å²) in [6.45, 7) is 5.22. The molecule has 19 heavy (non-hydrogen) atoms. The molecule has 0 fully saturated rings. The van der Waals surface area contributed by atoms with Crippen LogP contribution >= 0.6 is 0 Å². The lowest BCUT2D eigenvalue weighted by molar-refractivity contribution is 0.415. The minimum Gasteiger partial charge on any atom is -0.497 e. The molecule has 0 aliphatic rings. The summed E-state index contributed by atoms with van der Waals surface area (Å²) in [4.78, 5) is 0. The maximum Gasteiger partial charge on any atom is 0.119 e. The van der Waals surface area contributed by atoms with E-state index < -0.39 is 0 Å². The number of hydrogen-bond donors (Lipinski definition) is 1. The van der Waals surface area contributed by atoms with Crippen LogP contribution in [-0.2, 0) is 6.54 Å². The van der Waals surface area contributed by atoms with E-state index in [1.807, 2.05) is 12.1 Å². The van der Waals surface area contributed by atoms with Crippen LogP contribution in [0, 0.1) is 0 Å². The molecule has 2 heteroatoms. The normalized spacial score (nSPS) is 10.7. The van der Waals surface area contributed by atoms with E-state index in [9.17, 15) is 0 Å². The second-order valence-electron chi connectivity index (χ2n) is 4.97. The summed E-state index contributed by atoms with van der Waals surface area (Å²) < 4.78 is 5.27. The molecule has 0 saturated heterocycles. The first kappa shape index (κ1) is 13.6. The summed E-state index contributed by atoms with van der Waals surface area (Å²) in [6, 6.07) is 17.3. The van der Waals surface area contributed by atoms with Gasteiger partial charge in [0.1, 0.15) is 5.75 Å². The molecule has 0 heterocycles. The molecule has 0 saturated carbocycles. The van der Waals surface area contributed by atoms with E-state index in [0.717, 1.165) is 12.3 Å². The minimum absolute atomic E-state index is 0.500. The SMILES string of the molecule is COc1cccc(-c2cccc(CNC(C)C)c2)c1. The Balaban J connectivity index is 2.22. The highest BCUT2D eigenvalue weighted by atomic mass is 16.5. The lowest BCUT2D eigenvalue weighted by atomic mass is 10.0. The van der Waals surface area contributed by atoms with Crippen molar-refractivity contribution >= 4 is 0 Å². The van der Waals surface area contributed by atoms with Crippen LogP contribution in [0.2, 0.25) is 0 Å². The quantitative estimate of drug-likeness (QED) is 0.876. The van der Waals surface area contributed by atoms with E-state index in [1.165, 1.54) is 16.7 Å². The molecule has 2 aromatic carbocycles. The summed E-state index contributed by atoms with van der Waals surface area (Å²) in [5.41, 5.74) is 3.71. The van der Waals surface area contributed by atoms with Crippen molar-refractivity contribution in [1.82, 2.24) is 5.32 Å². The number of hydrogen-bond acceptors (Lipinski definition) is 2. The van der Waals surface area contributed by atoms with Crippen molar-refractivity contribution in [3.8, 4) is 16.9 Å². The molecular formula is C17H21NO. The fourth-order valence-electron chi connectivity index (χ4n) is 1.99. The van der Waals surface area contributed by atoms with Gasteiger partial charge in [0.15, 0.2) is 0 Å². The maximum atomic E-state index is 5.27. The van der Waals surface area contributed by atoms with Crippen LogP contribution < -0.4 is 10.1 Å². The van der Waals surface area contributed by atoms with Gasteiger partial charge in [0.05, 0.1) is 7.11 Å². The van der Waals surface area contributed by atoms with Gasteiger partial charge in [-0.3, -0.25) is 0 Å². The average Bonchev–Trinajstić information content (AvgIpc) is 2.45. The van der Waals surface area contributed by atoms with E-state index in [1.54, 1.807) is 7.11 Å². The van der Waals surface area contributed by atoms with Crippen molar-refractivity contribution in [3.63, 3.8) is 0 Å². The molecule has 0 aliphatic carbocycles. The maximum absolute atomic E-state index is 5.27. The molecule has 0 amide bonds. The van der Waals surface area contributed by atoms with Gasteiger partial charge in [0.2, 0.25) is 0 Å². The molecule has 0 atom stereocenters. The lowest BCUT2D eigenvalue weighted by Gasteiger charge is -2.10. The van der Waals surface area contributed by atoms with Crippen molar-refractivity contribution in [1.29, 1.82) is 0 Å². The Labute approximate surface area is 115 Å². The van der Waals surface area contributed by atoms with Crippen LogP contribution in [0.15, 0.2) is 48.5 Å². The Morgan fingerprint density at radius 1 is 1.00 bits per heavy atom. The standard InChI is InChI=1S/C17H21NO/c1-13(2)18-12-14-6-4-7-15(10-14)16-8-5-9-17(11-16)19-3/h4-11,13,18H,12H2,1-3H3. The van der Waals surface area contributed by atoms with E-state index >= 15 is 0 Å². The third kappa shape index (κ3) is 3.83. The van der Waals surface area contributed by atoms with Crippen LogP contribution in [0.4, 0.5) is 0 Å². The monoisotopic (exact) mass is 255 g/mol. The number of rotatable bonds is 5. The van der Waals surface area contributed by atoms with Crippen molar-refractivity contribution in [2.75, 3.05) is 7.11 Å². The Kier molecular flexibility index (Phi) is 4.58.